The third kappa shape index (κ3) is 8.27. The Bertz CT molecular complexity index is 457. The fraction of sp³-hybridized carbons (Fsp3) is 0.467. The summed E-state index contributed by atoms with van der Waals surface area (Å²) in [7, 11) is 0. The van der Waals surface area contributed by atoms with Crippen molar-refractivity contribution in [3.8, 4) is 0 Å². The molecule has 0 spiro atoms. The normalized spacial score (nSPS) is 10.1. The largest absolute Gasteiger partial charge is 0.375 e. The van der Waals surface area contributed by atoms with E-state index in [1.54, 1.807) is 6.07 Å². The summed E-state index contributed by atoms with van der Waals surface area (Å²) in [5, 5.41) is 7.41. The number of hydrogen-bond donors (Lipinski definition) is 2. The summed E-state index contributed by atoms with van der Waals surface area (Å²) in [4.78, 5) is 23.8. The predicted molar refractivity (Wildman–Crippen MR) is 84.5 cm³/mol. The van der Waals surface area contributed by atoms with Gasteiger partial charge in [0, 0.05) is 19.5 Å². The van der Waals surface area contributed by atoms with Gasteiger partial charge in [0.1, 0.15) is 0 Å². The van der Waals surface area contributed by atoms with Crippen molar-refractivity contribution in [1.29, 1.82) is 0 Å². The van der Waals surface area contributed by atoms with E-state index in [-0.39, 0.29) is 11.8 Å². The molecule has 1 aromatic rings. The van der Waals surface area contributed by atoms with Gasteiger partial charge in [-0.2, -0.15) is 0 Å². The van der Waals surface area contributed by atoms with E-state index >= 15 is 0 Å². The highest BCUT2D eigenvalue weighted by Gasteiger charge is 2.06. The van der Waals surface area contributed by atoms with E-state index in [4.69, 9.17) is 4.74 Å². The zero-order chi connectivity index (χ0) is 15.5. The summed E-state index contributed by atoms with van der Waals surface area (Å²) in [6.07, 6.45) is 1.01. The van der Waals surface area contributed by atoms with Gasteiger partial charge >= 0.3 is 0 Å². The van der Waals surface area contributed by atoms with Gasteiger partial charge in [0.25, 0.3) is 5.91 Å². The third-order valence-corrected chi connectivity index (χ3v) is 3.40. The van der Waals surface area contributed by atoms with E-state index in [2.05, 4.69) is 17.2 Å². The lowest BCUT2D eigenvalue weighted by Crippen LogP contribution is -2.29. The number of thiophene rings is 1. The molecule has 5 nitrogen and oxygen atoms in total. The van der Waals surface area contributed by atoms with E-state index in [0.717, 1.165) is 5.57 Å². The topological polar surface area (TPSA) is 67.4 Å². The van der Waals surface area contributed by atoms with Gasteiger partial charge < -0.3 is 15.4 Å². The second kappa shape index (κ2) is 10.1. The molecule has 0 aliphatic heterocycles. The number of hydrogen-bond acceptors (Lipinski definition) is 4. The molecule has 1 heterocycles. The summed E-state index contributed by atoms with van der Waals surface area (Å²) >= 11 is 1.40. The van der Waals surface area contributed by atoms with Gasteiger partial charge in [-0.05, 0) is 24.8 Å². The molecule has 0 fully saturated rings. The van der Waals surface area contributed by atoms with Gasteiger partial charge in [-0.3, -0.25) is 9.59 Å². The molecule has 0 atom stereocenters. The van der Waals surface area contributed by atoms with Crippen LogP contribution in [0.3, 0.4) is 0 Å². The number of nitrogens with one attached hydrogen (secondary N) is 2. The van der Waals surface area contributed by atoms with Crippen LogP contribution in [0.15, 0.2) is 29.7 Å². The zero-order valence-corrected chi connectivity index (χ0v) is 13.1. The molecule has 1 aromatic heterocycles. The summed E-state index contributed by atoms with van der Waals surface area (Å²) in [5.41, 5.74) is 0.961. The highest BCUT2D eigenvalue weighted by molar-refractivity contribution is 7.12. The molecule has 1 rings (SSSR count). The van der Waals surface area contributed by atoms with E-state index in [1.807, 2.05) is 18.4 Å². The van der Waals surface area contributed by atoms with E-state index in [0.29, 0.717) is 44.0 Å². The predicted octanol–water partition coefficient (Wildman–Crippen LogP) is 1.97. The minimum Gasteiger partial charge on any atom is -0.375 e. The Labute approximate surface area is 129 Å². The molecule has 116 valence electrons. The van der Waals surface area contributed by atoms with Crippen molar-refractivity contribution in [2.24, 2.45) is 0 Å². The van der Waals surface area contributed by atoms with E-state index < -0.39 is 0 Å². The van der Waals surface area contributed by atoms with Gasteiger partial charge in [-0.15, -0.1) is 11.3 Å². The smallest absolute Gasteiger partial charge is 0.261 e. The van der Waals surface area contributed by atoms with E-state index in [1.165, 1.54) is 11.3 Å². The van der Waals surface area contributed by atoms with Gasteiger partial charge in [0.05, 0.1) is 18.1 Å². The summed E-state index contributed by atoms with van der Waals surface area (Å²) in [6, 6.07) is 3.61. The quantitative estimate of drug-likeness (QED) is 0.513. The number of ether oxygens (including phenoxy) is 1. The Kier molecular flexibility index (Phi) is 8.38. The van der Waals surface area contributed by atoms with Crippen LogP contribution in [-0.2, 0) is 9.53 Å². The monoisotopic (exact) mass is 310 g/mol. The Morgan fingerprint density at radius 2 is 2.14 bits per heavy atom. The van der Waals surface area contributed by atoms with Gasteiger partial charge in [-0.25, -0.2) is 0 Å². The maximum atomic E-state index is 11.6. The van der Waals surface area contributed by atoms with Crippen LogP contribution in [-0.4, -0.2) is 38.1 Å². The van der Waals surface area contributed by atoms with Crippen molar-refractivity contribution in [2.45, 2.75) is 19.8 Å². The van der Waals surface area contributed by atoms with Crippen LogP contribution >= 0.6 is 11.3 Å². The molecule has 2 amide bonds. The third-order valence-electron chi connectivity index (χ3n) is 2.53. The minimum absolute atomic E-state index is 0.0284. The Hall–Kier alpha value is -1.66. The first kappa shape index (κ1) is 17.4. The molecule has 0 saturated carbocycles. The summed E-state index contributed by atoms with van der Waals surface area (Å²) in [5.74, 6) is -0.113. The fourth-order valence-corrected chi connectivity index (χ4v) is 2.18. The highest BCUT2D eigenvalue weighted by atomic mass is 32.1. The second-order valence-corrected chi connectivity index (χ2v) is 5.64. The van der Waals surface area contributed by atoms with Crippen molar-refractivity contribution < 1.29 is 14.3 Å². The molecule has 0 radical (unpaired) electrons. The van der Waals surface area contributed by atoms with Crippen molar-refractivity contribution in [2.75, 3.05) is 26.3 Å². The first-order chi connectivity index (χ1) is 10.1. The Morgan fingerprint density at radius 3 is 2.81 bits per heavy atom. The van der Waals surface area contributed by atoms with Gasteiger partial charge in [0.2, 0.25) is 5.91 Å². The van der Waals surface area contributed by atoms with Crippen LogP contribution in [0.4, 0.5) is 0 Å². The zero-order valence-electron chi connectivity index (χ0n) is 12.3. The molecular weight excluding hydrogens is 288 g/mol. The molecule has 0 aromatic carbocycles. The SMILES string of the molecule is C=C(C)COCCNC(=O)CCCNC(=O)c1cccs1. The van der Waals surface area contributed by atoms with Gasteiger partial charge in [0.15, 0.2) is 0 Å². The maximum Gasteiger partial charge on any atom is 0.261 e. The molecule has 0 saturated heterocycles. The fourth-order valence-electron chi connectivity index (χ4n) is 1.54. The van der Waals surface area contributed by atoms with Crippen LogP contribution in [0.5, 0.6) is 0 Å². The van der Waals surface area contributed by atoms with Crippen LogP contribution in [0, 0.1) is 0 Å². The molecule has 0 unspecified atom stereocenters. The van der Waals surface area contributed by atoms with Crippen molar-refractivity contribution in [3.05, 3.63) is 34.5 Å². The minimum atomic E-state index is -0.0846. The molecule has 0 aliphatic rings. The highest BCUT2D eigenvalue weighted by Crippen LogP contribution is 2.07. The molecule has 2 N–H and O–H groups in total. The maximum absolute atomic E-state index is 11.6. The molecule has 0 aliphatic carbocycles. The van der Waals surface area contributed by atoms with Crippen LogP contribution in [0.1, 0.15) is 29.4 Å². The second-order valence-electron chi connectivity index (χ2n) is 4.70. The number of carbonyl (C=O) groups excluding carboxylic acids is 2. The Balaban J connectivity index is 1.98. The molecule has 6 heteroatoms. The van der Waals surface area contributed by atoms with Crippen molar-refractivity contribution in [1.82, 2.24) is 10.6 Å². The number of rotatable bonds is 10. The summed E-state index contributed by atoms with van der Waals surface area (Å²) < 4.78 is 5.27. The van der Waals surface area contributed by atoms with Gasteiger partial charge in [-0.1, -0.05) is 18.2 Å². The standard InChI is InChI=1S/C15H22N2O3S/c1-12(2)11-20-9-8-16-14(18)6-3-7-17-15(19)13-5-4-10-21-13/h4-5,10H,1,3,6-9,11H2,2H3,(H,16,18)(H,17,19). The van der Waals surface area contributed by atoms with E-state index in [9.17, 15) is 9.59 Å². The van der Waals surface area contributed by atoms with Crippen LogP contribution < -0.4 is 10.6 Å². The lowest BCUT2D eigenvalue weighted by atomic mass is 10.3. The lowest BCUT2D eigenvalue weighted by Gasteiger charge is -2.07. The average molecular weight is 310 g/mol. The number of amides is 2. The molecule has 0 bridgehead atoms. The number of carbonyl (C=O) groups is 2. The van der Waals surface area contributed by atoms with Crippen LogP contribution in [0.25, 0.3) is 0 Å². The first-order valence-corrected chi connectivity index (χ1v) is 7.78. The first-order valence-electron chi connectivity index (χ1n) is 6.90. The summed E-state index contributed by atoms with van der Waals surface area (Å²) in [6.45, 7) is 7.60. The molecule has 21 heavy (non-hydrogen) atoms. The van der Waals surface area contributed by atoms with Crippen molar-refractivity contribution >= 4 is 23.2 Å². The lowest BCUT2D eigenvalue weighted by molar-refractivity contribution is -0.121. The average Bonchev–Trinajstić information content (AvgIpc) is 2.97. The van der Waals surface area contributed by atoms with Crippen LogP contribution in [0.2, 0.25) is 0 Å². The Morgan fingerprint density at radius 1 is 1.33 bits per heavy atom. The van der Waals surface area contributed by atoms with Crippen molar-refractivity contribution in [3.63, 3.8) is 0 Å². The molecular formula is C15H22N2O3S.